The molecule has 0 spiro atoms. The van der Waals surface area contributed by atoms with Crippen molar-refractivity contribution in [2.45, 2.75) is 39.7 Å². The number of nitrogens with zero attached hydrogens (tertiary/aromatic N) is 2. The highest BCUT2D eigenvalue weighted by molar-refractivity contribution is 14.0. The van der Waals surface area contributed by atoms with E-state index in [1.54, 1.807) is 0 Å². The van der Waals surface area contributed by atoms with Crippen LogP contribution in [0.15, 0.2) is 23.2 Å². The van der Waals surface area contributed by atoms with E-state index in [0.717, 1.165) is 25.0 Å². The monoisotopic (exact) mass is 444 g/mol. The van der Waals surface area contributed by atoms with E-state index >= 15 is 0 Å². The molecule has 136 valence electrons. The van der Waals surface area contributed by atoms with Gasteiger partial charge in [0.05, 0.1) is 0 Å². The fraction of sp³-hybridized carbons (Fsp3) is 0.632. The standard InChI is InChI=1S/C19H32N4.HI/c1-15-5-6-18(16(2)13-15)14-22-19(20-3)21-10-7-17-8-11-23(4)12-9-17;/h5-6,13,17H,7-12,14H2,1-4H3,(H2,20,21,22);1H. The lowest BCUT2D eigenvalue weighted by atomic mass is 9.94. The van der Waals surface area contributed by atoms with Crippen LogP contribution in [0.5, 0.6) is 0 Å². The predicted octanol–water partition coefficient (Wildman–Crippen LogP) is 3.32. The molecule has 0 amide bonds. The van der Waals surface area contributed by atoms with Crippen LogP contribution in [0, 0.1) is 19.8 Å². The van der Waals surface area contributed by atoms with Crippen molar-refractivity contribution >= 4 is 29.9 Å². The van der Waals surface area contributed by atoms with Crippen LogP contribution >= 0.6 is 24.0 Å². The quantitative estimate of drug-likeness (QED) is 0.416. The maximum Gasteiger partial charge on any atom is 0.191 e. The molecule has 1 aliphatic rings. The molecule has 0 saturated carbocycles. The molecular formula is C19H33IN4. The fourth-order valence-electron chi connectivity index (χ4n) is 3.19. The first kappa shape index (κ1) is 21.2. The molecule has 0 bridgehead atoms. The number of hydrogen-bond acceptors (Lipinski definition) is 2. The molecule has 5 heteroatoms. The van der Waals surface area contributed by atoms with Gasteiger partial charge in [0.25, 0.3) is 0 Å². The number of likely N-dealkylation sites (tertiary alicyclic amines) is 1. The Labute approximate surface area is 164 Å². The van der Waals surface area contributed by atoms with Crippen LogP contribution in [0.2, 0.25) is 0 Å². The third-order valence-electron chi connectivity index (χ3n) is 4.85. The lowest BCUT2D eigenvalue weighted by Gasteiger charge is -2.29. The molecule has 24 heavy (non-hydrogen) atoms. The van der Waals surface area contributed by atoms with Gasteiger partial charge in [-0.15, -0.1) is 24.0 Å². The molecule has 0 aromatic heterocycles. The molecule has 0 unspecified atom stereocenters. The Hall–Kier alpha value is -0.820. The zero-order valence-corrected chi connectivity index (χ0v) is 17.9. The van der Waals surface area contributed by atoms with Gasteiger partial charge in [-0.25, -0.2) is 0 Å². The summed E-state index contributed by atoms with van der Waals surface area (Å²) in [6.45, 7) is 8.60. The van der Waals surface area contributed by atoms with Crippen LogP contribution in [-0.4, -0.2) is 44.6 Å². The first-order valence-corrected chi connectivity index (χ1v) is 8.77. The van der Waals surface area contributed by atoms with E-state index in [1.165, 1.54) is 49.0 Å². The molecule has 2 rings (SSSR count). The zero-order valence-electron chi connectivity index (χ0n) is 15.6. The minimum atomic E-state index is 0. The molecule has 1 aromatic carbocycles. The maximum atomic E-state index is 4.33. The second-order valence-electron chi connectivity index (χ2n) is 6.82. The lowest BCUT2D eigenvalue weighted by Crippen LogP contribution is -2.38. The summed E-state index contributed by atoms with van der Waals surface area (Å²) >= 11 is 0. The Morgan fingerprint density at radius 1 is 1.21 bits per heavy atom. The van der Waals surface area contributed by atoms with Crippen LogP contribution in [0.1, 0.15) is 36.0 Å². The van der Waals surface area contributed by atoms with Crippen molar-refractivity contribution in [3.05, 3.63) is 34.9 Å². The smallest absolute Gasteiger partial charge is 0.191 e. The van der Waals surface area contributed by atoms with E-state index < -0.39 is 0 Å². The van der Waals surface area contributed by atoms with E-state index in [9.17, 15) is 0 Å². The summed E-state index contributed by atoms with van der Waals surface area (Å²) in [5.41, 5.74) is 3.97. The average molecular weight is 444 g/mol. The highest BCUT2D eigenvalue weighted by atomic mass is 127. The van der Waals surface area contributed by atoms with Crippen molar-refractivity contribution in [2.24, 2.45) is 10.9 Å². The number of aliphatic imine (C=N–C) groups is 1. The molecular weight excluding hydrogens is 411 g/mol. The topological polar surface area (TPSA) is 39.7 Å². The van der Waals surface area contributed by atoms with Crippen molar-refractivity contribution in [3.63, 3.8) is 0 Å². The second-order valence-corrected chi connectivity index (χ2v) is 6.82. The average Bonchev–Trinajstić information content (AvgIpc) is 2.54. The molecule has 0 radical (unpaired) electrons. The van der Waals surface area contributed by atoms with Crippen LogP contribution in [0.3, 0.4) is 0 Å². The van der Waals surface area contributed by atoms with Crippen molar-refractivity contribution in [3.8, 4) is 0 Å². The van der Waals surface area contributed by atoms with Gasteiger partial charge >= 0.3 is 0 Å². The number of halogens is 1. The molecule has 1 saturated heterocycles. The van der Waals surface area contributed by atoms with E-state index in [-0.39, 0.29) is 24.0 Å². The van der Waals surface area contributed by atoms with E-state index in [0.29, 0.717) is 0 Å². The Morgan fingerprint density at radius 3 is 2.54 bits per heavy atom. The zero-order chi connectivity index (χ0) is 16.7. The van der Waals surface area contributed by atoms with Gasteiger partial charge in [-0.2, -0.15) is 0 Å². The normalized spacial score (nSPS) is 16.6. The molecule has 4 nitrogen and oxygen atoms in total. The van der Waals surface area contributed by atoms with Crippen LogP contribution in [0.25, 0.3) is 0 Å². The Bertz CT molecular complexity index is 522. The molecule has 1 aliphatic heterocycles. The van der Waals surface area contributed by atoms with Crippen molar-refractivity contribution in [1.82, 2.24) is 15.5 Å². The molecule has 2 N–H and O–H groups in total. The summed E-state index contributed by atoms with van der Waals surface area (Å²) in [4.78, 5) is 6.76. The van der Waals surface area contributed by atoms with Gasteiger partial charge in [0.2, 0.25) is 0 Å². The summed E-state index contributed by atoms with van der Waals surface area (Å²) in [6.07, 6.45) is 3.89. The molecule has 1 aromatic rings. The number of hydrogen-bond donors (Lipinski definition) is 2. The van der Waals surface area contributed by atoms with Gasteiger partial charge in [0.15, 0.2) is 5.96 Å². The third-order valence-corrected chi connectivity index (χ3v) is 4.85. The van der Waals surface area contributed by atoms with Crippen LogP contribution in [0.4, 0.5) is 0 Å². The first-order chi connectivity index (χ1) is 11.1. The maximum absolute atomic E-state index is 4.33. The first-order valence-electron chi connectivity index (χ1n) is 8.77. The van der Waals surface area contributed by atoms with Crippen LogP contribution < -0.4 is 10.6 Å². The number of benzene rings is 1. The SMILES string of the molecule is CN=C(NCCC1CCN(C)CC1)NCc1ccc(C)cc1C.I. The van der Waals surface area contributed by atoms with Gasteiger partial charge in [0.1, 0.15) is 0 Å². The van der Waals surface area contributed by atoms with Crippen molar-refractivity contribution < 1.29 is 0 Å². The molecule has 0 atom stereocenters. The Kier molecular flexibility index (Phi) is 9.66. The third kappa shape index (κ3) is 6.97. The number of guanidine groups is 1. The molecule has 0 aliphatic carbocycles. The van der Waals surface area contributed by atoms with Crippen molar-refractivity contribution in [1.29, 1.82) is 0 Å². The summed E-state index contributed by atoms with van der Waals surface area (Å²) in [7, 11) is 4.06. The summed E-state index contributed by atoms with van der Waals surface area (Å²) in [5.74, 6) is 1.76. The van der Waals surface area contributed by atoms with Gasteiger partial charge in [-0.05, 0) is 70.3 Å². The second kappa shape index (κ2) is 10.9. The highest BCUT2D eigenvalue weighted by Gasteiger charge is 2.16. The van der Waals surface area contributed by atoms with Gasteiger partial charge in [-0.1, -0.05) is 23.8 Å². The number of aryl methyl sites for hydroxylation is 2. The number of piperidine rings is 1. The Morgan fingerprint density at radius 2 is 1.92 bits per heavy atom. The summed E-state index contributed by atoms with van der Waals surface area (Å²) in [6, 6.07) is 6.59. The van der Waals surface area contributed by atoms with E-state index in [1.807, 2.05) is 7.05 Å². The van der Waals surface area contributed by atoms with Crippen LogP contribution in [-0.2, 0) is 6.54 Å². The summed E-state index contributed by atoms with van der Waals surface area (Å²) in [5, 5.41) is 6.88. The number of nitrogens with one attached hydrogen (secondary N) is 2. The summed E-state index contributed by atoms with van der Waals surface area (Å²) < 4.78 is 0. The van der Waals surface area contributed by atoms with E-state index in [4.69, 9.17) is 0 Å². The highest BCUT2D eigenvalue weighted by Crippen LogP contribution is 2.18. The largest absolute Gasteiger partial charge is 0.356 e. The minimum Gasteiger partial charge on any atom is -0.356 e. The predicted molar refractivity (Wildman–Crippen MR) is 114 cm³/mol. The Balaban J connectivity index is 0.00000288. The minimum absolute atomic E-state index is 0. The van der Waals surface area contributed by atoms with E-state index in [2.05, 4.69) is 59.6 Å². The van der Waals surface area contributed by atoms with Gasteiger partial charge in [-0.3, -0.25) is 4.99 Å². The number of rotatable bonds is 5. The molecule has 1 fully saturated rings. The van der Waals surface area contributed by atoms with Gasteiger partial charge in [0, 0.05) is 20.1 Å². The molecule has 1 heterocycles. The van der Waals surface area contributed by atoms with Gasteiger partial charge < -0.3 is 15.5 Å². The lowest BCUT2D eigenvalue weighted by molar-refractivity contribution is 0.213. The fourth-order valence-corrected chi connectivity index (χ4v) is 3.19. The van der Waals surface area contributed by atoms with Crippen molar-refractivity contribution in [2.75, 3.05) is 33.7 Å².